The van der Waals surface area contributed by atoms with Crippen molar-refractivity contribution in [3.05, 3.63) is 0 Å². The molecule has 0 N–H and O–H groups in total. The summed E-state index contributed by atoms with van der Waals surface area (Å²) in [6, 6.07) is 0. The Bertz CT molecular complexity index is 279. The average molecular weight is 398 g/mol. The van der Waals surface area contributed by atoms with Crippen LogP contribution >= 0.6 is 0 Å². The van der Waals surface area contributed by atoms with Gasteiger partial charge in [0.25, 0.3) is 0 Å². The van der Waals surface area contributed by atoms with Crippen molar-refractivity contribution in [1.29, 1.82) is 0 Å². The van der Waals surface area contributed by atoms with E-state index in [2.05, 4.69) is 0 Å². The molecular formula is C15H30O6Zr. The van der Waals surface area contributed by atoms with Crippen molar-refractivity contribution in [2.24, 2.45) is 5.92 Å². The average Bonchev–Trinajstić information content (AvgIpc) is 2.25. The molecule has 0 bridgehead atoms. The summed E-state index contributed by atoms with van der Waals surface area (Å²) in [6.07, 6.45) is 0.920. The molecule has 0 saturated heterocycles. The van der Waals surface area contributed by atoms with Crippen LogP contribution in [-0.2, 0) is 41.1 Å². The molecule has 0 radical (unpaired) electrons. The molecule has 0 spiro atoms. The Morgan fingerprint density at radius 2 is 1.23 bits per heavy atom. The second kappa shape index (κ2) is 13.4. The molecule has 6 nitrogen and oxygen atoms in total. The molecule has 0 aromatic rings. The molecule has 0 saturated carbocycles. The number of hydrogen-bond acceptors (Lipinski definition) is 6. The van der Waals surface area contributed by atoms with E-state index in [4.69, 9.17) is 8.44 Å². The number of Topliss-reactive ketones (excluding diaryl/α,β-unsaturated/α-hetero) is 1. The topological polar surface area (TPSA) is 84.9 Å². The summed E-state index contributed by atoms with van der Waals surface area (Å²) in [6.45, 7) is 14.9. The van der Waals surface area contributed by atoms with Crippen LogP contribution in [0.1, 0.15) is 61.8 Å². The van der Waals surface area contributed by atoms with Crippen LogP contribution in [0.25, 0.3) is 0 Å². The fourth-order valence-corrected chi connectivity index (χ4v) is 4.53. The third-order valence-corrected chi connectivity index (χ3v) is 7.07. The summed E-state index contributed by atoms with van der Waals surface area (Å²) < 4.78 is 16.9. The van der Waals surface area contributed by atoms with Crippen LogP contribution in [-0.4, -0.2) is 30.1 Å². The molecule has 0 aromatic heterocycles. The number of hydrogen-bond donors (Lipinski definition) is 0. The fourth-order valence-electron chi connectivity index (χ4n) is 1.28. The van der Waals surface area contributed by atoms with Crippen molar-refractivity contribution in [2.75, 3.05) is 0 Å². The van der Waals surface area contributed by atoms with E-state index in [0.29, 0.717) is 6.42 Å². The quantitative estimate of drug-likeness (QED) is 0.553. The Morgan fingerprint density at radius 1 is 0.909 bits per heavy atom. The van der Waals surface area contributed by atoms with Gasteiger partial charge in [-0.3, -0.25) is 4.79 Å². The number of ketones is 1. The van der Waals surface area contributed by atoms with Crippen LogP contribution in [0, 0.1) is 5.92 Å². The van der Waals surface area contributed by atoms with Gasteiger partial charge in [-0.25, -0.2) is 0 Å². The molecule has 0 aliphatic carbocycles. The van der Waals surface area contributed by atoms with Crippen LogP contribution in [0.2, 0.25) is 0 Å². The Hall–Kier alpha value is -0.0969. The largest absolute Gasteiger partial charge is 0.549 e. The number of aliphatic carboxylic acids is 1. The van der Waals surface area contributed by atoms with E-state index < -0.39 is 35.0 Å². The summed E-state index contributed by atoms with van der Waals surface area (Å²) in [5, 5.41) is 10.0. The van der Waals surface area contributed by atoms with Gasteiger partial charge in [0.1, 0.15) is 5.78 Å². The van der Waals surface area contributed by atoms with E-state index in [0.717, 1.165) is 0 Å². The van der Waals surface area contributed by atoms with Crippen LogP contribution in [0.3, 0.4) is 0 Å². The second-order valence-corrected chi connectivity index (χ2v) is 8.61. The molecule has 22 heavy (non-hydrogen) atoms. The number of carboxylic acids is 1. The minimum absolute atomic E-state index is 0.201. The first-order valence-corrected chi connectivity index (χ1v) is 10.6. The minimum atomic E-state index is -2.48. The summed E-state index contributed by atoms with van der Waals surface area (Å²) in [7, 11) is 0. The van der Waals surface area contributed by atoms with Gasteiger partial charge in [-0.05, 0) is 13.3 Å². The molecule has 0 amide bonds. The smallest absolute Gasteiger partial charge is 0.138 e. The normalized spacial score (nSPS) is 12.1. The van der Waals surface area contributed by atoms with Gasteiger partial charge in [0.2, 0.25) is 0 Å². The van der Waals surface area contributed by atoms with Crippen LogP contribution in [0.5, 0.6) is 0 Å². The maximum absolute atomic E-state index is 10.4. The van der Waals surface area contributed by atoms with Crippen molar-refractivity contribution in [2.45, 2.75) is 80.1 Å². The minimum Gasteiger partial charge on any atom is -0.549 e. The first-order chi connectivity index (χ1) is 10.0. The van der Waals surface area contributed by atoms with Crippen molar-refractivity contribution < 1.29 is 46.2 Å². The molecule has 0 aliphatic rings. The van der Waals surface area contributed by atoms with Gasteiger partial charge >= 0.3 is 91.4 Å². The molecule has 130 valence electrons. The molecule has 7 heteroatoms. The Kier molecular flexibility index (Phi) is 14.7. The van der Waals surface area contributed by atoms with Gasteiger partial charge in [-0.2, -0.15) is 0 Å². The maximum atomic E-state index is 10.4. The van der Waals surface area contributed by atoms with Gasteiger partial charge in [-0.1, -0.05) is 6.92 Å². The second-order valence-electron chi connectivity index (χ2n) is 5.64. The number of carbonyl (C=O) groups is 2. The van der Waals surface area contributed by atoms with Gasteiger partial charge in [0.05, 0.1) is 11.9 Å². The van der Waals surface area contributed by atoms with E-state index in [9.17, 15) is 14.7 Å². The van der Waals surface area contributed by atoms with E-state index in [1.807, 2.05) is 41.5 Å². The Labute approximate surface area is 144 Å². The number of carbonyl (C=O) groups excluding carboxylic acids is 2. The predicted molar refractivity (Wildman–Crippen MR) is 78.1 cm³/mol. The Morgan fingerprint density at radius 3 is 1.32 bits per heavy atom. The maximum Gasteiger partial charge on any atom is 0.138 e. The molecular weight excluding hydrogens is 367 g/mol. The zero-order chi connectivity index (χ0) is 17.9. The predicted octanol–water partition coefficient (Wildman–Crippen LogP) is 1.98. The van der Waals surface area contributed by atoms with Crippen molar-refractivity contribution in [3.8, 4) is 0 Å². The third kappa shape index (κ3) is 14.8. The zero-order valence-corrected chi connectivity index (χ0v) is 17.4. The summed E-state index contributed by atoms with van der Waals surface area (Å²) in [5.74, 6) is -2.52. The SMILES string of the molecule is CC(C)[O][Zr+]([O]C(C)C)[O]C(C)C.CCC(C(C)=O)C(=O)[O-]. The summed E-state index contributed by atoms with van der Waals surface area (Å²) in [4.78, 5) is 20.4. The van der Waals surface area contributed by atoms with Gasteiger partial charge < -0.3 is 9.90 Å². The molecule has 0 rings (SSSR count). The van der Waals surface area contributed by atoms with Crippen molar-refractivity contribution in [3.63, 3.8) is 0 Å². The molecule has 0 fully saturated rings. The summed E-state index contributed by atoms with van der Waals surface area (Å²) in [5.41, 5.74) is 0. The van der Waals surface area contributed by atoms with Crippen molar-refractivity contribution in [1.82, 2.24) is 0 Å². The van der Waals surface area contributed by atoms with Gasteiger partial charge in [0, 0.05) is 0 Å². The summed E-state index contributed by atoms with van der Waals surface area (Å²) >= 11 is -2.48. The van der Waals surface area contributed by atoms with E-state index in [-0.39, 0.29) is 24.1 Å². The first kappa shape index (κ1) is 24.2. The van der Waals surface area contributed by atoms with Crippen LogP contribution < -0.4 is 5.11 Å². The van der Waals surface area contributed by atoms with E-state index >= 15 is 0 Å². The van der Waals surface area contributed by atoms with Gasteiger partial charge in [0.15, 0.2) is 0 Å². The van der Waals surface area contributed by atoms with Crippen LogP contribution in [0.4, 0.5) is 0 Å². The monoisotopic (exact) mass is 396 g/mol. The molecule has 1 unspecified atom stereocenters. The fraction of sp³-hybridized carbons (Fsp3) is 0.867. The van der Waals surface area contributed by atoms with E-state index in [1.54, 1.807) is 6.92 Å². The Balaban J connectivity index is 0. The van der Waals surface area contributed by atoms with E-state index in [1.165, 1.54) is 6.92 Å². The standard InChI is InChI=1S/C6H10O3.3C3H7O.Zr/c1-3-5(4(2)7)6(8)9;3*1-3(2)4;/h5H,3H2,1-2H3,(H,8,9);3*3H,1-2H3;/q;3*-1;+4/p-1. The van der Waals surface area contributed by atoms with Crippen LogP contribution in [0.15, 0.2) is 0 Å². The number of carboxylic acid groups (broad SMARTS) is 1. The number of rotatable bonds is 9. The third-order valence-electron chi connectivity index (χ3n) is 2.18. The molecule has 0 heterocycles. The first-order valence-electron chi connectivity index (χ1n) is 7.59. The molecule has 0 aromatic carbocycles. The van der Waals surface area contributed by atoms with Gasteiger partial charge in [-0.15, -0.1) is 0 Å². The zero-order valence-electron chi connectivity index (χ0n) is 15.0. The van der Waals surface area contributed by atoms with Crippen molar-refractivity contribution >= 4 is 11.8 Å². The molecule has 1 atom stereocenters. The molecule has 0 aliphatic heterocycles.